The van der Waals surface area contributed by atoms with Crippen molar-refractivity contribution < 1.29 is 0 Å². The van der Waals surface area contributed by atoms with Gasteiger partial charge in [0.25, 0.3) is 0 Å². The van der Waals surface area contributed by atoms with E-state index in [1.165, 1.54) is 15.0 Å². The molecule has 3 heteroatoms. The fourth-order valence-corrected chi connectivity index (χ4v) is 2.02. The molecule has 0 bridgehead atoms. The molecule has 2 heterocycles. The van der Waals surface area contributed by atoms with Crippen LogP contribution in [0.15, 0.2) is 18.3 Å². The van der Waals surface area contributed by atoms with Crippen molar-refractivity contribution in [1.82, 2.24) is 4.98 Å². The first-order valence-electron chi connectivity index (χ1n) is 3.37. The normalized spacial score (nSPS) is 10.6. The molecule has 0 unspecified atom stereocenters. The van der Waals surface area contributed by atoms with Crippen molar-refractivity contribution in [2.45, 2.75) is 6.92 Å². The van der Waals surface area contributed by atoms with Crippen LogP contribution < -0.4 is 5.73 Å². The van der Waals surface area contributed by atoms with Gasteiger partial charge in [0.15, 0.2) is 0 Å². The number of hydrogen-bond acceptors (Lipinski definition) is 3. The van der Waals surface area contributed by atoms with E-state index in [4.69, 9.17) is 5.73 Å². The van der Waals surface area contributed by atoms with Gasteiger partial charge in [-0.05, 0) is 19.1 Å². The summed E-state index contributed by atoms with van der Waals surface area (Å²) in [7, 11) is 0. The molecule has 2 aromatic rings. The minimum atomic E-state index is 0.597. The molecular weight excluding hydrogens is 156 g/mol. The van der Waals surface area contributed by atoms with Crippen LogP contribution in [0.4, 0.5) is 5.82 Å². The quantitative estimate of drug-likeness (QED) is 0.648. The van der Waals surface area contributed by atoms with E-state index in [1.54, 1.807) is 11.3 Å². The molecule has 0 aliphatic rings. The van der Waals surface area contributed by atoms with Gasteiger partial charge in [-0.15, -0.1) is 11.3 Å². The number of pyridine rings is 1. The first kappa shape index (κ1) is 6.61. The van der Waals surface area contributed by atoms with E-state index in [9.17, 15) is 0 Å². The Labute approximate surface area is 68.7 Å². The molecule has 0 spiro atoms. The van der Waals surface area contributed by atoms with Gasteiger partial charge in [0.1, 0.15) is 5.82 Å². The third-order valence-electron chi connectivity index (χ3n) is 1.55. The third-order valence-corrected chi connectivity index (χ3v) is 2.56. The summed E-state index contributed by atoms with van der Waals surface area (Å²) in [5.74, 6) is 0.597. The molecule has 0 aliphatic carbocycles. The average molecular weight is 164 g/mol. The highest BCUT2D eigenvalue weighted by Gasteiger charge is 1.97. The molecule has 2 nitrogen and oxygen atoms in total. The number of fused-ring (bicyclic) bond motifs is 1. The minimum absolute atomic E-state index is 0.597. The number of nitrogens with zero attached hydrogens (tertiary/aromatic N) is 1. The second-order valence-corrected chi connectivity index (χ2v) is 3.79. The molecule has 0 aliphatic heterocycles. The van der Waals surface area contributed by atoms with Crippen molar-refractivity contribution in [3.05, 3.63) is 23.2 Å². The topological polar surface area (TPSA) is 38.9 Å². The highest BCUT2D eigenvalue weighted by Crippen LogP contribution is 2.24. The van der Waals surface area contributed by atoms with Crippen LogP contribution in [0, 0.1) is 6.92 Å². The minimum Gasteiger partial charge on any atom is -0.384 e. The van der Waals surface area contributed by atoms with Crippen LogP contribution in [-0.4, -0.2) is 4.98 Å². The zero-order valence-corrected chi connectivity index (χ0v) is 6.98. The number of thiophene rings is 1. The Kier molecular flexibility index (Phi) is 1.32. The van der Waals surface area contributed by atoms with Crippen molar-refractivity contribution in [2.75, 3.05) is 5.73 Å². The van der Waals surface area contributed by atoms with Crippen LogP contribution in [0.25, 0.3) is 10.1 Å². The summed E-state index contributed by atoms with van der Waals surface area (Å²) in [5.41, 5.74) is 5.53. The highest BCUT2D eigenvalue weighted by molar-refractivity contribution is 7.19. The van der Waals surface area contributed by atoms with Crippen LogP contribution in [0.1, 0.15) is 4.88 Å². The largest absolute Gasteiger partial charge is 0.384 e. The number of rotatable bonds is 0. The van der Waals surface area contributed by atoms with Crippen molar-refractivity contribution in [3.63, 3.8) is 0 Å². The van der Waals surface area contributed by atoms with Crippen LogP contribution in [0.2, 0.25) is 0 Å². The molecule has 56 valence electrons. The third kappa shape index (κ3) is 1.07. The van der Waals surface area contributed by atoms with Crippen molar-refractivity contribution in [3.8, 4) is 0 Å². The lowest BCUT2D eigenvalue weighted by molar-refractivity contribution is 1.37. The SMILES string of the molecule is Cc1cc2cnc(N)cc2s1. The fourth-order valence-electron chi connectivity index (χ4n) is 1.08. The number of aryl methyl sites for hydroxylation is 1. The summed E-state index contributed by atoms with van der Waals surface area (Å²) in [6.07, 6.45) is 1.81. The summed E-state index contributed by atoms with van der Waals surface area (Å²) in [4.78, 5) is 5.30. The van der Waals surface area contributed by atoms with Gasteiger partial charge in [-0.3, -0.25) is 0 Å². The predicted molar refractivity (Wildman–Crippen MR) is 48.8 cm³/mol. The highest BCUT2D eigenvalue weighted by atomic mass is 32.1. The van der Waals surface area contributed by atoms with Crippen molar-refractivity contribution in [1.29, 1.82) is 0 Å². The zero-order valence-electron chi connectivity index (χ0n) is 6.16. The maximum absolute atomic E-state index is 5.53. The Bertz CT molecular complexity index is 392. The van der Waals surface area contributed by atoms with E-state index >= 15 is 0 Å². The molecule has 0 fully saturated rings. The van der Waals surface area contributed by atoms with Gasteiger partial charge in [-0.1, -0.05) is 0 Å². The van der Waals surface area contributed by atoms with Crippen molar-refractivity contribution in [2.24, 2.45) is 0 Å². The lowest BCUT2D eigenvalue weighted by Crippen LogP contribution is -1.86. The lowest BCUT2D eigenvalue weighted by Gasteiger charge is -1.89. The smallest absolute Gasteiger partial charge is 0.124 e. The molecular formula is C8H8N2S. The zero-order chi connectivity index (χ0) is 7.84. The molecule has 0 saturated heterocycles. The summed E-state index contributed by atoms with van der Waals surface area (Å²) in [6, 6.07) is 4.03. The van der Waals surface area contributed by atoms with Crippen LogP contribution in [-0.2, 0) is 0 Å². The summed E-state index contributed by atoms with van der Waals surface area (Å²) >= 11 is 1.75. The molecule has 0 radical (unpaired) electrons. The lowest BCUT2D eigenvalue weighted by atomic mass is 10.3. The molecule has 11 heavy (non-hydrogen) atoms. The summed E-state index contributed by atoms with van der Waals surface area (Å²) in [5, 5.41) is 1.18. The Morgan fingerprint density at radius 1 is 1.45 bits per heavy atom. The van der Waals surface area contributed by atoms with Crippen LogP contribution in [0.5, 0.6) is 0 Å². The monoisotopic (exact) mass is 164 g/mol. The van der Waals surface area contributed by atoms with E-state index in [2.05, 4.69) is 18.0 Å². The van der Waals surface area contributed by atoms with Gasteiger partial charge >= 0.3 is 0 Å². The number of nitrogen functional groups attached to an aromatic ring is 1. The van der Waals surface area contributed by atoms with Crippen molar-refractivity contribution >= 4 is 27.2 Å². The number of hydrogen-bond donors (Lipinski definition) is 1. The maximum Gasteiger partial charge on any atom is 0.124 e. The average Bonchev–Trinajstić information content (AvgIpc) is 2.27. The van der Waals surface area contributed by atoms with E-state index in [-0.39, 0.29) is 0 Å². The van der Waals surface area contributed by atoms with E-state index in [0.29, 0.717) is 5.82 Å². The second-order valence-electron chi connectivity index (χ2n) is 2.50. The van der Waals surface area contributed by atoms with Gasteiger partial charge in [0.2, 0.25) is 0 Å². The van der Waals surface area contributed by atoms with Gasteiger partial charge in [-0.2, -0.15) is 0 Å². The molecule has 2 N–H and O–H groups in total. The molecule has 0 saturated carbocycles. The van der Waals surface area contributed by atoms with Crippen LogP contribution in [0.3, 0.4) is 0 Å². The van der Waals surface area contributed by atoms with Gasteiger partial charge in [0, 0.05) is 21.2 Å². The Hall–Kier alpha value is -1.09. The van der Waals surface area contributed by atoms with E-state index in [1.807, 2.05) is 12.3 Å². The van der Waals surface area contributed by atoms with Gasteiger partial charge in [0.05, 0.1) is 0 Å². The van der Waals surface area contributed by atoms with E-state index in [0.717, 1.165) is 0 Å². The molecule has 2 aromatic heterocycles. The first-order valence-corrected chi connectivity index (χ1v) is 4.19. The van der Waals surface area contributed by atoms with Crippen LogP contribution >= 0.6 is 11.3 Å². The molecule has 0 amide bonds. The number of aromatic nitrogens is 1. The van der Waals surface area contributed by atoms with Gasteiger partial charge < -0.3 is 5.73 Å². The predicted octanol–water partition coefficient (Wildman–Crippen LogP) is 2.19. The molecule has 0 atom stereocenters. The standard InChI is InChI=1S/C8H8N2S/c1-5-2-6-4-10-8(9)3-7(6)11-5/h2-4H,1H3,(H2,9,10). The van der Waals surface area contributed by atoms with E-state index < -0.39 is 0 Å². The molecule has 2 rings (SSSR count). The second kappa shape index (κ2) is 2.20. The molecule has 0 aromatic carbocycles. The Morgan fingerprint density at radius 2 is 2.27 bits per heavy atom. The number of nitrogens with two attached hydrogens (primary N) is 1. The Morgan fingerprint density at radius 3 is 3.09 bits per heavy atom. The summed E-state index contributed by atoms with van der Waals surface area (Å²) in [6.45, 7) is 2.08. The Balaban J connectivity index is 2.82. The summed E-state index contributed by atoms with van der Waals surface area (Å²) < 4.78 is 1.22. The maximum atomic E-state index is 5.53. The first-order chi connectivity index (χ1) is 5.25. The number of anilines is 1. The fraction of sp³-hybridized carbons (Fsp3) is 0.125. The van der Waals surface area contributed by atoms with Gasteiger partial charge in [-0.25, -0.2) is 4.98 Å².